The second-order valence-electron chi connectivity index (χ2n) is 16.7. The smallest absolute Gasteiger partial charge is 0.264 e. The largest absolute Gasteiger partial charge is 0.491 e. The first-order chi connectivity index (χ1) is 26.0. The maximum Gasteiger partial charge on any atom is 0.264 e. The Morgan fingerprint density at radius 3 is 2.56 bits per heavy atom. The zero-order chi connectivity index (χ0) is 37.9. The van der Waals surface area contributed by atoms with E-state index in [1.165, 1.54) is 0 Å². The Morgan fingerprint density at radius 1 is 1.02 bits per heavy atom. The van der Waals surface area contributed by atoms with Gasteiger partial charge in [0.25, 0.3) is 5.91 Å². The number of allylic oxidation sites excluding steroid dienone is 4. The molecule has 12 heteroatoms. The molecule has 1 aromatic rings. The van der Waals surface area contributed by atoms with Crippen LogP contribution in [0, 0.1) is 29.6 Å². The molecule has 0 radical (unpaired) electrons. The van der Waals surface area contributed by atoms with Crippen LogP contribution in [0.3, 0.4) is 0 Å². The number of benzene rings is 1. The summed E-state index contributed by atoms with van der Waals surface area (Å²) >= 11 is 6.46. The maximum atomic E-state index is 13.7. The molecule has 6 aliphatic rings. The third kappa shape index (κ3) is 8.92. The molecule has 4 aliphatic heterocycles. The van der Waals surface area contributed by atoms with Crippen molar-refractivity contribution in [3.63, 3.8) is 0 Å². The molecule has 0 spiro atoms. The molecule has 7 atom stereocenters. The van der Waals surface area contributed by atoms with Gasteiger partial charge < -0.3 is 19.1 Å². The van der Waals surface area contributed by atoms with E-state index in [0.717, 1.165) is 108 Å². The monoisotopic (exact) mass is 784 g/mol. The van der Waals surface area contributed by atoms with Crippen molar-refractivity contribution >= 4 is 33.2 Å². The fourth-order valence-electron chi connectivity index (χ4n) is 9.26. The Balaban J connectivity index is 1.24. The second-order valence-corrected chi connectivity index (χ2v) is 19.2. The number of anilines is 1. The van der Waals surface area contributed by atoms with Crippen LogP contribution in [0.25, 0.3) is 0 Å². The van der Waals surface area contributed by atoms with E-state index in [1.807, 2.05) is 25.1 Å². The molecule has 1 unspecified atom stereocenters. The molecule has 7 rings (SSSR count). The van der Waals surface area contributed by atoms with Crippen molar-refractivity contribution < 1.29 is 27.4 Å². The summed E-state index contributed by atoms with van der Waals surface area (Å²) in [5.74, 6) is 1.04. The average Bonchev–Trinajstić information content (AvgIpc) is 3.14. The lowest BCUT2D eigenvalue weighted by molar-refractivity contribution is -0.122. The number of fused-ring (bicyclic) bond motifs is 3. The van der Waals surface area contributed by atoms with E-state index in [9.17, 15) is 13.2 Å². The standard InChI is InChI=1S/C42H61ClN4O6S/c1-4-22-53-42(29-45-18-20-46(21-19-45)37-27-51-28-37)16-7-8-30(2)31(3)54(49,50)44-41(48)33-12-15-40-39(24-33)47(25-34-11-14-38(34)42)17-6-5-9-32-23-36(43)13-10-35(32)26-52-40/h7,10,12-13,15-16,23-24,30-32,34-35,37-38H,4-6,8-9,11,14,17-22,25-29H2,1-3H3,(H,44,48)/b16-7+/t30-,31+,32-,34-,35?,38+,42-/m0/s1. The average molecular weight is 785 g/mol. The van der Waals surface area contributed by atoms with E-state index < -0.39 is 26.8 Å². The molecule has 3 fully saturated rings. The molecule has 2 aliphatic carbocycles. The Kier molecular flexibility index (Phi) is 12.8. The molecular weight excluding hydrogens is 724 g/mol. The molecule has 298 valence electrons. The summed E-state index contributed by atoms with van der Waals surface area (Å²) in [6.07, 6.45) is 17.5. The zero-order valence-electron chi connectivity index (χ0n) is 32.5. The Hall–Kier alpha value is -2.41. The first-order valence-corrected chi connectivity index (χ1v) is 22.5. The number of piperazine rings is 1. The van der Waals surface area contributed by atoms with E-state index in [1.54, 1.807) is 13.0 Å². The van der Waals surface area contributed by atoms with Gasteiger partial charge in [-0.3, -0.25) is 14.6 Å². The molecule has 4 heterocycles. The Bertz CT molecular complexity index is 1670. The minimum atomic E-state index is -3.96. The highest BCUT2D eigenvalue weighted by Gasteiger charge is 2.49. The van der Waals surface area contributed by atoms with Crippen molar-refractivity contribution in [2.75, 3.05) is 77.1 Å². The first kappa shape index (κ1) is 39.8. The minimum absolute atomic E-state index is 0.192. The number of carbonyl (C=O) groups excluding carboxylic acids is 1. The van der Waals surface area contributed by atoms with Crippen molar-refractivity contribution in [2.45, 2.75) is 82.6 Å². The third-order valence-corrected chi connectivity index (χ3v) is 15.3. The van der Waals surface area contributed by atoms with Crippen molar-refractivity contribution in [3.8, 4) is 5.75 Å². The van der Waals surface area contributed by atoms with Crippen molar-refractivity contribution in [2.24, 2.45) is 29.6 Å². The number of amides is 1. The number of carbonyl (C=O) groups is 1. The van der Waals surface area contributed by atoms with Crippen LogP contribution in [0.1, 0.15) is 76.1 Å². The molecule has 1 saturated carbocycles. The predicted octanol–water partition coefficient (Wildman–Crippen LogP) is 6.23. The Morgan fingerprint density at radius 2 is 1.83 bits per heavy atom. The third-order valence-electron chi connectivity index (χ3n) is 13.2. The number of hydrogen-bond donors (Lipinski definition) is 1. The van der Waals surface area contributed by atoms with Crippen molar-refractivity contribution in [3.05, 3.63) is 59.2 Å². The van der Waals surface area contributed by atoms with Gasteiger partial charge in [0.1, 0.15) is 11.4 Å². The number of ether oxygens (including phenoxy) is 3. The highest BCUT2D eigenvalue weighted by molar-refractivity contribution is 7.90. The van der Waals surface area contributed by atoms with E-state index in [-0.39, 0.29) is 17.8 Å². The number of nitrogens with zero attached hydrogens (tertiary/aromatic N) is 3. The summed E-state index contributed by atoms with van der Waals surface area (Å²) in [5, 5.41) is 0.00401. The molecule has 0 aromatic heterocycles. The van der Waals surface area contributed by atoms with Crippen LogP contribution in [0.2, 0.25) is 0 Å². The van der Waals surface area contributed by atoms with E-state index in [4.69, 9.17) is 25.8 Å². The van der Waals surface area contributed by atoms with Crippen LogP contribution < -0.4 is 14.4 Å². The van der Waals surface area contributed by atoms with Gasteiger partial charge in [-0.1, -0.05) is 56.2 Å². The highest BCUT2D eigenvalue weighted by Crippen LogP contribution is 2.47. The molecule has 2 saturated heterocycles. The summed E-state index contributed by atoms with van der Waals surface area (Å²) in [6.45, 7) is 15.1. The SMILES string of the molecule is CCCO[C@]1(CN2CCN(C3COC3)CC2)/C=C/C[C@H](C)[C@@H](C)S(=O)(=O)NC(=O)c2ccc3c(c2)N(CCCC[C@H]2C=C(Cl)C=CC2CO3)C[C@@H]2CC[C@H]21. The quantitative estimate of drug-likeness (QED) is 0.337. The van der Waals surface area contributed by atoms with Crippen LogP contribution in [0.4, 0.5) is 5.69 Å². The topological polar surface area (TPSA) is 101 Å². The Labute approximate surface area is 328 Å². The summed E-state index contributed by atoms with van der Waals surface area (Å²) in [5.41, 5.74) is 0.658. The lowest BCUT2D eigenvalue weighted by Crippen LogP contribution is -2.61. The fourth-order valence-corrected chi connectivity index (χ4v) is 10.8. The maximum absolute atomic E-state index is 13.7. The van der Waals surface area contributed by atoms with Gasteiger partial charge in [-0.05, 0) is 93.4 Å². The minimum Gasteiger partial charge on any atom is -0.491 e. The van der Waals surface area contributed by atoms with Crippen LogP contribution in [0.15, 0.2) is 53.6 Å². The summed E-state index contributed by atoms with van der Waals surface area (Å²) in [4.78, 5) is 21.2. The number of halogens is 1. The van der Waals surface area contributed by atoms with Crippen LogP contribution in [0.5, 0.6) is 5.75 Å². The van der Waals surface area contributed by atoms with Crippen LogP contribution in [-0.4, -0.2) is 113 Å². The second kappa shape index (κ2) is 17.4. The molecular formula is C42H61ClN4O6S. The first-order valence-electron chi connectivity index (χ1n) is 20.5. The molecule has 2 bridgehead atoms. The highest BCUT2D eigenvalue weighted by atomic mass is 35.5. The van der Waals surface area contributed by atoms with Gasteiger partial charge in [-0.2, -0.15) is 0 Å². The van der Waals surface area contributed by atoms with Gasteiger partial charge in [0, 0.05) is 68.9 Å². The predicted molar refractivity (Wildman–Crippen MR) is 215 cm³/mol. The van der Waals surface area contributed by atoms with Gasteiger partial charge in [0.15, 0.2) is 0 Å². The van der Waals surface area contributed by atoms with E-state index in [0.29, 0.717) is 48.8 Å². The number of rotatable bonds is 6. The fraction of sp³-hybridized carbons (Fsp3) is 0.690. The van der Waals surface area contributed by atoms with Crippen molar-refractivity contribution in [1.29, 1.82) is 0 Å². The zero-order valence-corrected chi connectivity index (χ0v) is 34.0. The van der Waals surface area contributed by atoms with Gasteiger partial charge in [-0.25, -0.2) is 13.1 Å². The van der Waals surface area contributed by atoms with Crippen molar-refractivity contribution in [1.82, 2.24) is 14.5 Å². The van der Waals surface area contributed by atoms with Crippen LogP contribution >= 0.6 is 11.6 Å². The lowest BCUT2D eigenvalue weighted by atomic mass is 9.63. The van der Waals surface area contributed by atoms with Gasteiger partial charge in [-0.15, -0.1) is 0 Å². The van der Waals surface area contributed by atoms with Gasteiger partial charge >= 0.3 is 0 Å². The number of sulfonamides is 1. The lowest BCUT2D eigenvalue weighted by Gasteiger charge is -2.52. The van der Waals surface area contributed by atoms with Gasteiger partial charge in [0.05, 0.1) is 36.8 Å². The molecule has 1 aromatic carbocycles. The van der Waals surface area contributed by atoms with E-state index >= 15 is 0 Å². The van der Waals surface area contributed by atoms with E-state index in [2.05, 4.69) is 50.6 Å². The number of nitrogens with one attached hydrogen (secondary N) is 1. The summed E-state index contributed by atoms with van der Waals surface area (Å²) in [7, 11) is -3.96. The molecule has 54 heavy (non-hydrogen) atoms. The number of hydrogen-bond acceptors (Lipinski definition) is 9. The molecule has 10 nitrogen and oxygen atoms in total. The van der Waals surface area contributed by atoms with Crippen LogP contribution in [-0.2, 0) is 19.5 Å². The summed E-state index contributed by atoms with van der Waals surface area (Å²) in [6, 6.07) is 5.94. The molecule has 1 N–H and O–H groups in total. The summed E-state index contributed by atoms with van der Waals surface area (Å²) < 4.78 is 49.0. The van der Waals surface area contributed by atoms with Gasteiger partial charge in [0.2, 0.25) is 10.0 Å². The molecule has 1 amide bonds. The normalized spacial score (nSPS) is 34.8.